The predicted molar refractivity (Wildman–Crippen MR) is 83.3 cm³/mol. The summed E-state index contributed by atoms with van der Waals surface area (Å²) < 4.78 is 0. The Morgan fingerprint density at radius 3 is 2.41 bits per heavy atom. The van der Waals surface area contributed by atoms with E-state index >= 15 is 0 Å². The molecule has 1 aromatic carbocycles. The fraction of sp³-hybridized carbons (Fsp3) is 0.0769. The van der Waals surface area contributed by atoms with Crippen molar-refractivity contribution >= 4 is 40.3 Å². The molecule has 4 N–H and O–H groups in total. The smallest absolute Gasteiger partial charge is 0.316 e. The number of amides is 3. The zero-order chi connectivity index (χ0) is 16.3. The highest BCUT2D eigenvalue weighted by atomic mass is 32.1. The molecule has 1 heterocycles. The Bertz CT molecular complexity index is 756. The summed E-state index contributed by atoms with van der Waals surface area (Å²) in [5.74, 6) is -0.461. The highest BCUT2D eigenvalue weighted by Gasteiger charge is 2.19. The number of benzene rings is 1. The number of urea groups is 1. The molecule has 0 atom stereocenters. The van der Waals surface area contributed by atoms with Gasteiger partial charge in [0.2, 0.25) is 0 Å². The van der Waals surface area contributed by atoms with Gasteiger partial charge in [0.1, 0.15) is 0 Å². The number of primary amides is 1. The van der Waals surface area contributed by atoms with Crippen LogP contribution in [0.4, 0.5) is 21.9 Å². The third kappa shape index (κ3) is 3.58. The maximum atomic E-state index is 12.1. The van der Waals surface area contributed by atoms with E-state index in [2.05, 4.69) is 10.6 Å². The lowest BCUT2D eigenvalue weighted by Crippen LogP contribution is -2.19. The van der Waals surface area contributed by atoms with Crippen LogP contribution in [0.5, 0.6) is 0 Å². The highest BCUT2D eigenvalue weighted by Crippen LogP contribution is 2.28. The number of nitrogens with zero attached hydrogens (tertiary/aromatic N) is 1. The molecule has 9 heteroatoms. The number of carbonyl (C=O) groups is 2. The van der Waals surface area contributed by atoms with Gasteiger partial charge in [-0.3, -0.25) is 14.9 Å². The molecular weight excluding hydrogens is 308 g/mol. The summed E-state index contributed by atoms with van der Waals surface area (Å²) in [4.78, 5) is 33.8. The number of thiophene rings is 1. The molecule has 22 heavy (non-hydrogen) atoms. The van der Waals surface area contributed by atoms with Gasteiger partial charge in [-0.05, 0) is 25.1 Å². The molecule has 1 aromatic heterocycles. The summed E-state index contributed by atoms with van der Waals surface area (Å²) in [5, 5.41) is 15.8. The number of rotatable bonds is 4. The van der Waals surface area contributed by atoms with E-state index in [-0.39, 0.29) is 10.6 Å². The molecule has 0 saturated heterocycles. The molecule has 0 fully saturated rings. The van der Waals surface area contributed by atoms with Crippen LogP contribution in [0.3, 0.4) is 0 Å². The fourth-order valence-electron chi connectivity index (χ4n) is 1.78. The SMILES string of the molecule is Cc1sc(C(=O)Nc2cccc(NC(N)=O)c2)cc1[N+](=O)[O-]. The van der Waals surface area contributed by atoms with E-state index < -0.39 is 16.9 Å². The predicted octanol–water partition coefficient (Wildman–Crippen LogP) is 2.71. The van der Waals surface area contributed by atoms with Crippen molar-refractivity contribution in [2.75, 3.05) is 10.6 Å². The van der Waals surface area contributed by atoms with Crippen LogP contribution in [0.2, 0.25) is 0 Å². The quantitative estimate of drug-likeness (QED) is 0.591. The van der Waals surface area contributed by atoms with Crippen LogP contribution in [0.25, 0.3) is 0 Å². The van der Waals surface area contributed by atoms with Gasteiger partial charge in [0.15, 0.2) is 0 Å². The number of anilines is 2. The van der Waals surface area contributed by atoms with Crippen molar-refractivity contribution in [2.24, 2.45) is 5.73 Å². The zero-order valence-electron chi connectivity index (χ0n) is 11.5. The Balaban J connectivity index is 2.16. The summed E-state index contributed by atoms with van der Waals surface area (Å²) in [6.45, 7) is 1.58. The van der Waals surface area contributed by atoms with Crippen LogP contribution < -0.4 is 16.4 Å². The van der Waals surface area contributed by atoms with Gasteiger partial charge in [-0.2, -0.15) is 0 Å². The molecule has 2 aromatic rings. The van der Waals surface area contributed by atoms with Gasteiger partial charge in [-0.25, -0.2) is 4.79 Å². The van der Waals surface area contributed by atoms with Gasteiger partial charge in [0.25, 0.3) is 11.6 Å². The van der Waals surface area contributed by atoms with E-state index in [0.29, 0.717) is 16.3 Å². The van der Waals surface area contributed by atoms with Crippen molar-refractivity contribution in [3.05, 3.63) is 50.2 Å². The van der Waals surface area contributed by atoms with Crippen LogP contribution in [-0.2, 0) is 0 Å². The highest BCUT2D eigenvalue weighted by molar-refractivity contribution is 7.14. The topological polar surface area (TPSA) is 127 Å². The standard InChI is InChI=1S/C13H12N4O4S/c1-7-10(17(20)21)6-11(22-7)12(18)15-8-3-2-4-9(5-8)16-13(14)19/h2-6H,1H3,(H,15,18)(H3,14,16,19). The van der Waals surface area contributed by atoms with Crippen LogP contribution in [0.1, 0.15) is 14.5 Å². The zero-order valence-corrected chi connectivity index (χ0v) is 12.3. The van der Waals surface area contributed by atoms with Gasteiger partial charge in [-0.1, -0.05) is 6.07 Å². The molecule has 8 nitrogen and oxygen atoms in total. The lowest BCUT2D eigenvalue weighted by molar-refractivity contribution is -0.385. The van der Waals surface area contributed by atoms with E-state index in [1.165, 1.54) is 12.1 Å². The summed E-state index contributed by atoms with van der Waals surface area (Å²) in [5.41, 5.74) is 5.80. The number of nitrogens with two attached hydrogens (primary N) is 1. The average molecular weight is 320 g/mol. The van der Waals surface area contributed by atoms with Crippen LogP contribution in [-0.4, -0.2) is 16.9 Å². The Hall–Kier alpha value is -2.94. The lowest BCUT2D eigenvalue weighted by Gasteiger charge is -2.06. The first kappa shape index (κ1) is 15.4. The number of carbonyl (C=O) groups excluding carboxylic acids is 2. The number of aryl methyl sites for hydroxylation is 1. The number of hydrogen-bond acceptors (Lipinski definition) is 5. The Kier molecular flexibility index (Phi) is 4.37. The Morgan fingerprint density at radius 2 is 1.86 bits per heavy atom. The molecule has 0 aliphatic heterocycles. The van der Waals surface area contributed by atoms with Crippen molar-refractivity contribution < 1.29 is 14.5 Å². The summed E-state index contributed by atoms with van der Waals surface area (Å²) >= 11 is 1.04. The Morgan fingerprint density at radius 1 is 1.23 bits per heavy atom. The maximum absolute atomic E-state index is 12.1. The molecule has 3 amide bonds. The summed E-state index contributed by atoms with van der Waals surface area (Å²) in [6, 6.07) is 6.91. The number of nitro groups is 1. The van der Waals surface area contributed by atoms with Crippen molar-refractivity contribution in [2.45, 2.75) is 6.92 Å². The normalized spacial score (nSPS) is 10.0. The van der Waals surface area contributed by atoms with Crippen LogP contribution in [0, 0.1) is 17.0 Å². The molecule has 0 radical (unpaired) electrons. The molecule has 0 aliphatic carbocycles. The Labute approximate surface area is 129 Å². The van der Waals surface area contributed by atoms with E-state index in [1.54, 1.807) is 25.1 Å². The molecule has 2 rings (SSSR count). The molecule has 0 spiro atoms. The first-order chi connectivity index (χ1) is 10.4. The number of hydrogen-bond donors (Lipinski definition) is 3. The lowest BCUT2D eigenvalue weighted by atomic mass is 10.2. The molecule has 0 unspecified atom stereocenters. The number of nitrogens with one attached hydrogen (secondary N) is 2. The monoisotopic (exact) mass is 320 g/mol. The average Bonchev–Trinajstić information content (AvgIpc) is 2.80. The molecule has 0 aliphatic rings. The fourth-order valence-corrected chi connectivity index (χ4v) is 2.66. The van der Waals surface area contributed by atoms with E-state index in [0.717, 1.165) is 11.3 Å². The first-order valence-corrected chi connectivity index (χ1v) is 6.91. The van der Waals surface area contributed by atoms with Gasteiger partial charge in [-0.15, -0.1) is 11.3 Å². The minimum absolute atomic E-state index is 0.0840. The second-order valence-electron chi connectivity index (χ2n) is 4.33. The third-order valence-electron chi connectivity index (χ3n) is 2.70. The maximum Gasteiger partial charge on any atom is 0.316 e. The first-order valence-electron chi connectivity index (χ1n) is 6.09. The summed E-state index contributed by atoms with van der Waals surface area (Å²) in [6.07, 6.45) is 0. The molecule has 0 bridgehead atoms. The van der Waals surface area contributed by atoms with E-state index in [9.17, 15) is 19.7 Å². The van der Waals surface area contributed by atoms with Crippen molar-refractivity contribution in [3.8, 4) is 0 Å². The van der Waals surface area contributed by atoms with Gasteiger partial charge >= 0.3 is 6.03 Å². The van der Waals surface area contributed by atoms with Crippen molar-refractivity contribution in [3.63, 3.8) is 0 Å². The molecular formula is C13H12N4O4S. The molecule has 114 valence electrons. The minimum atomic E-state index is -0.715. The van der Waals surface area contributed by atoms with Gasteiger partial charge in [0.05, 0.1) is 14.7 Å². The second-order valence-corrected chi connectivity index (χ2v) is 5.59. The second kappa shape index (κ2) is 6.22. The van der Waals surface area contributed by atoms with Crippen molar-refractivity contribution in [1.29, 1.82) is 0 Å². The van der Waals surface area contributed by atoms with E-state index in [4.69, 9.17) is 5.73 Å². The van der Waals surface area contributed by atoms with Crippen LogP contribution >= 0.6 is 11.3 Å². The summed E-state index contributed by atoms with van der Waals surface area (Å²) in [7, 11) is 0. The van der Waals surface area contributed by atoms with Crippen LogP contribution in [0.15, 0.2) is 30.3 Å². The van der Waals surface area contributed by atoms with Crippen molar-refractivity contribution in [1.82, 2.24) is 0 Å². The minimum Gasteiger partial charge on any atom is -0.351 e. The van der Waals surface area contributed by atoms with Gasteiger partial charge < -0.3 is 16.4 Å². The van der Waals surface area contributed by atoms with E-state index in [1.807, 2.05) is 0 Å². The molecule has 0 saturated carbocycles. The third-order valence-corrected chi connectivity index (χ3v) is 3.74. The van der Waals surface area contributed by atoms with Gasteiger partial charge in [0, 0.05) is 17.4 Å². The largest absolute Gasteiger partial charge is 0.351 e.